The second-order valence-electron chi connectivity index (χ2n) is 3.38. The van der Waals surface area contributed by atoms with Crippen LogP contribution in [0, 0.1) is 0 Å². The van der Waals surface area contributed by atoms with Gasteiger partial charge in [-0.25, -0.2) is 4.79 Å². The fourth-order valence-electron chi connectivity index (χ4n) is 1.62. The zero-order chi connectivity index (χ0) is 11.9. The maximum atomic E-state index is 11.6. The topological polar surface area (TPSA) is 97.9 Å². The Labute approximate surface area is 89.3 Å². The van der Waals surface area contributed by atoms with E-state index in [1.54, 1.807) is 12.1 Å². The number of benzene rings is 1. The quantitative estimate of drug-likeness (QED) is 0.665. The molecule has 0 unspecified atom stereocenters. The summed E-state index contributed by atoms with van der Waals surface area (Å²) in [7, 11) is 1.51. The number of nitrogens with one attached hydrogen (secondary N) is 1. The molecular weight excluding hydrogens is 210 g/mol. The molecule has 1 aromatic heterocycles. The number of aromatic nitrogens is 2. The summed E-state index contributed by atoms with van der Waals surface area (Å²) in [6, 6.07) is 4.60. The van der Waals surface area contributed by atoms with Crippen molar-refractivity contribution >= 4 is 16.8 Å². The van der Waals surface area contributed by atoms with Gasteiger partial charge in [-0.3, -0.25) is 19.1 Å². The second-order valence-corrected chi connectivity index (χ2v) is 3.38. The van der Waals surface area contributed by atoms with E-state index in [-0.39, 0.29) is 10.9 Å². The first-order valence-corrected chi connectivity index (χ1v) is 4.54. The largest absolute Gasteiger partial charge is 0.366 e. The van der Waals surface area contributed by atoms with E-state index >= 15 is 0 Å². The third kappa shape index (κ3) is 1.31. The monoisotopic (exact) mass is 219 g/mol. The standard InChI is InChI=1S/C10H9N3O3/c1-13-6-4-2-3-5(8(11)14)7(6)9(15)12-10(13)16/h2-4H,1H3,(H2,11,14)(H,12,15,16). The van der Waals surface area contributed by atoms with Crippen molar-refractivity contribution < 1.29 is 4.79 Å². The molecule has 1 heterocycles. The maximum Gasteiger partial charge on any atom is 0.328 e. The molecule has 0 aliphatic carbocycles. The van der Waals surface area contributed by atoms with Crippen LogP contribution < -0.4 is 17.0 Å². The van der Waals surface area contributed by atoms with Gasteiger partial charge in [0.15, 0.2) is 0 Å². The van der Waals surface area contributed by atoms with E-state index in [0.29, 0.717) is 5.52 Å². The van der Waals surface area contributed by atoms with Gasteiger partial charge < -0.3 is 5.73 Å². The molecule has 0 saturated carbocycles. The zero-order valence-electron chi connectivity index (χ0n) is 8.48. The molecule has 1 aromatic carbocycles. The van der Waals surface area contributed by atoms with Crippen LogP contribution in [0.25, 0.3) is 10.9 Å². The lowest BCUT2D eigenvalue weighted by Crippen LogP contribution is -2.30. The highest BCUT2D eigenvalue weighted by Crippen LogP contribution is 2.11. The molecule has 6 heteroatoms. The summed E-state index contributed by atoms with van der Waals surface area (Å²) < 4.78 is 1.25. The Balaban J connectivity index is 3.12. The minimum absolute atomic E-state index is 0.106. The van der Waals surface area contributed by atoms with Gasteiger partial charge >= 0.3 is 5.69 Å². The maximum absolute atomic E-state index is 11.6. The first-order chi connectivity index (χ1) is 7.52. The van der Waals surface area contributed by atoms with Crippen molar-refractivity contribution in [1.29, 1.82) is 0 Å². The molecule has 0 aliphatic rings. The minimum Gasteiger partial charge on any atom is -0.366 e. The molecule has 82 valence electrons. The Morgan fingerprint density at radius 2 is 2.06 bits per heavy atom. The van der Waals surface area contributed by atoms with Gasteiger partial charge in [0.25, 0.3) is 5.56 Å². The molecule has 0 saturated heterocycles. The average Bonchev–Trinajstić information content (AvgIpc) is 2.25. The third-order valence-electron chi connectivity index (χ3n) is 2.42. The molecule has 6 nitrogen and oxygen atoms in total. The number of amides is 1. The molecule has 0 radical (unpaired) electrons. The van der Waals surface area contributed by atoms with Gasteiger partial charge in [0.05, 0.1) is 16.5 Å². The van der Waals surface area contributed by atoms with Crippen molar-refractivity contribution in [3.8, 4) is 0 Å². The molecule has 2 aromatic rings. The van der Waals surface area contributed by atoms with E-state index in [1.165, 1.54) is 17.7 Å². The average molecular weight is 219 g/mol. The van der Waals surface area contributed by atoms with Crippen molar-refractivity contribution in [3.63, 3.8) is 0 Å². The van der Waals surface area contributed by atoms with Gasteiger partial charge in [-0.15, -0.1) is 0 Å². The van der Waals surface area contributed by atoms with Crippen LogP contribution >= 0.6 is 0 Å². The second kappa shape index (κ2) is 3.34. The van der Waals surface area contributed by atoms with E-state index in [0.717, 1.165) is 0 Å². The van der Waals surface area contributed by atoms with Crippen LogP contribution in [0.1, 0.15) is 10.4 Å². The molecule has 1 amide bonds. The van der Waals surface area contributed by atoms with E-state index in [1.807, 2.05) is 0 Å². The van der Waals surface area contributed by atoms with Crippen molar-refractivity contribution in [2.75, 3.05) is 0 Å². The summed E-state index contributed by atoms with van der Waals surface area (Å²) in [5.41, 5.74) is 4.51. The first-order valence-electron chi connectivity index (χ1n) is 4.54. The van der Waals surface area contributed by atoms with E-state index < -0.39 is 17.2 Å². The number of carbonyl (C=O) groups excluding carboxylic acids is 1. The fourth-order valence-corrected chi connectivity index (χ4v) is 1.62. The van der Waals surface area contributed by atoms with Gasteiger partial charge in [-0.1, -0.05) is 6.07 Å². The number of rotatable bonds is 1. The van der Waals surface area contributed by atoms with Crippen molar-refractivity contribution in [3.05, 3.63) is 44.6 Å². The normalized spacial score (nSPS) is 10.6. The number of nitrogens with zero attached hydrogens (tertiary/aromatic N) is 1. The van der Waals surface area contributed by atoms with Crippen LogP contribution in [-0.2, 0) is 7.05 Å². The van der Waals surface area contributed by atoms with E-state index in [2.05, 4.69) is 4.98 Å². The predicted molar refractivity (Wildman–Crippen MR) is 58.3 cm³/mol. The molecule has 0 fully saturated rings. The number of fused-ring (bicyclic) bond motifs is 1. The summed E-state index contributed by atoms with van der Waals surface area (Å²) >= 11 is 0. The highest BCUT2D eigenvalue weighted by Gasteiger charge is 2.12. The first kappa shape index (κ1) is 10.2. The summed E-state index contributed by atoms with van der Waals surface area (Å²) in [6.45, 7) is 0. The van der Waals surface area contributed by atoms with Crippen LogP contribution in [0.15, 0.2) is 27.8 Å². The minimum atomic E-state index is -0.699. The molecule has 2 rings (SSSR count). The summed E-state index contributed by atoms with van der Waals surface area (Å²) in [5.74, 6) is -0.699. The van der Waals surface area contributed by atoms with Gasteiger partial charge in [0, 0.05) is 7.05 Å². The predicted octanol–water partition coefficient (Wildman–Crippen LogP) is -0.674. The van der Waals surface area contributed by atoms with Gasteiger partial charge in [0.2, 0.25) is 5.91 Å². The van der Waals surface area contributed by atoms with Crippen molar-refractivity contribution in [2.24, 2.45) is 12.8 Å². The number of primary amides is 1. The number of hydrogen-bond acceptors (Lipinski definition) is 3. The summed E-state index contributed by atoms with van der Waals surface area (Å²) in [6.07, 6.45) is 0. The Bertz CT molecular complexity index is 697. The molecular formula is C10H9N3O3. The summed E-state index contributed by atoms with van der Waals surface area (Å²) in [4.78, 5) is 36.2. The Morgan fingerprint density at radius 1 is 1.38 bits per heavy atom. The Hall–Kier alpha value is -2.37. The van der Waals surface area contributed by atoms with Crippen LogP contribution in [0.4, 0.5) is 0 Å². The zero-order valence-corrected chi connectivity index (χ0v) is 8.48. The number of nitrogens with two attached hydrogens (primary N) is 1. The molecule has 0 bridgehead atoms. The van der Waals surface area contributed by atoms with Crippen LogP contribution in [-0.4, -0.2) is 15.5 Å². The van der Waals surface area contributed by atoms with Crippen LogP contribution in [0.3, 0.4) is 0 Å². The lowest BCUT2D eigenvalue weighted by atomic mass is 10.1. The van der Waals surface area contributed by atoms with Crippen LogP contribution in [0.5, 0.6) is 0 Å². The number of H-pyrrole nitrogens is 1. The molecule has 16 heavy (non-hydrogen) atoms. The molecule has 0 aliphatic heterocycles. The Morgan fingerprint density at radius 3 is 2.69 bits per heavy atom. The fraction of sp³-hybridized carbons (Fsp3) is 0.100. The number of hydrogen-bond donors (Lipinski definition) is 2. The van der Waals surface area contributed by atoms with Crippen molar-refractivity contribution in [2.45, 2.75) is 0 Å². The van der Waals surface area contributed by atoms with Gasteiger partial charge in [0.1, 0.15) is 0 Å². The smallest absolute Gasteiger partial charge is 0.328 e. The third-order valence-corrected chi connectivity index (χ3v) is 2.42. The van der Waals surface area contributed by atoms with Crippen LogP contribution in [0.2, 0.25) is 0 Å². The highest BCUT2D eigenvalue weighted by atomic mass is 16.2. The lowest BCUT2D eigenvalue weighted by molar-refractivity contribution is 0.100. The molecule has 0 atom stereocenters. The Kier molecular flexibility index (Phi) is 2.12. The van der Waals surface area contributed by atoms with E-state index in [4.69, 9.17) is 5.73 Å². The lowest BCUT2D eigenvalue weighted by Gasteiger charge is -2.05. The molecule has 0 spiro atoms. The number of carbonyl (C=O) groups is 1. The van der Waals surface area contributed by atoms with E-state index in [9.17, 15) is 14.4 Å². The highest BCUT2D eigenvalue weighted by molar-refractivity contribution is 6.05. The van der Waals surface area contributed by atoms with Gasteiger partial charge in [-0.2, -0.15) is 0 Å². The van der Waals surface area contributed by atoms with Gasteiger partial charge in [-0.05, 0) is 12.1 Å². The number of aromatic amines is 1. The SMILES string of the molecule is Cn1c(=O)[nH]c(=O)c2c(C(N)=O)cccc21. The summed E-state index contributed by atoms with van der Waals surface area (Å²) in [5, 5.41) is 0.136. The molecule has 3 N–H and O–H groups in total. The van der Waals surface area contributed by atoms with Crippen molar-refractivity contribution in [1.82, 2.24) is 9.55 Å². The number of aryl methyl sites for hydroxylation is 1.